The number of cyclic esters (lactones) is 1. The second kappa shape index (κ2) is 8.68. The number of ether oxygens (including phenoxy) is 1. The predicted octanol–water partition coefficient (Wildman–Crippen LogP) is 1.83. The second-order valence-corrected chi connectivity index (χ2v) is 7.30. The zero-order valence-corrected chi connectivity index (χ0v) is 16.7. The number of aliphatic hydroxyl groups excluding tert-OH is 1. The largest absolute Gasteiger partial charge is 0.442 e. The normalized spacial score (nSPS) is 20.3. The summed E-state index contributed by atoms with van der Waals surface area (Å²) >= 11 is 0. The van der Waals surface area contributed by atoms with E-state index in [0.717, 1.165) is 0 Å². The fourth-order valence-electron chi connectivity index (χ4n) is 3.40. The highest BCUT2D eigenvalue weighted by Gasteiger charge is 2.32. The summed E-state index contributed by atoms with van der Waals surface area (Å²) in [6.45, 7) is 1.67. The fraction of sp³-hybridized carbons (Fsp3) is 0.333. The van der Waals surface area contributed by atoms with Crippen molar-refractivity contribution in [2.45, 2.75) is 25.6 Å². The number of nitrogens with one attached hydrogen (secondary N) is 1. The molecular formula is C21H21FN4O5. The van der Waals surface area contributed by atoms with Gasteiger partial charge in [0, 0.05) is 30.7 Å². The van der Waals surface area contributed by atoms with Crippen LogP contribution in [0.25, 0.3) is 11.1 Å². The first kappa shape index (κ1) is 20.7. The number of oxime groups is 1. The minimum atomic E-state index is -0.589. The van der Waals surface area contributed by atoms with Gasteiger partial charge in [0.15, 0.2) is 6.10 Å². The molecule has 9 nitrogen and oxygen atoms in total. The summed E-state index contributed by atoms with van der Waals surface area (Å²) in [6, 6.07) is 7.92. The summed E-state index contributed by atoms with van der Waals surface area (Å²) in [7, 11) is 0. The van der Waals surface area contributed by atoms with E-state index in [2.05, 4.69) is 15.5 Å². The molecule has 0 radical (unpaired) electrons. The molecule has 2 aliphatic heterocycles. The Balaban J connectivity index is 1.47. The minimum Gasteiger partial charge on any atom is -0.442 e. The number of hydrogen-bond donors (Lipinski definition) is 2. The lowest BCUT2D eigenvalue weighted by molar-refractivity contribution is -0.119. The first-order chi connectivity index (χ1) is 14.9. The molecule has 4 rings (SSSR count). The van der Waals surface area contributed by atoms with E-state index in [-0.39, 0.29) is 31.7 Å². The van der Waals surface area contributed by atoms with Gasteiger partial charge in [-0.25, -0.2) is 9.18 Å². The Morgan fingerprint density at radius 1 is 1.32 bits per heavy atom. The van der Waals surface area contributed by atoms with Crippen LogP contribution >= 0.6 is 0 Å². The van der Waals surface area contributed by atoms with Crippen molar-refractivity contribution in [3.8, 4) is 11.1 Å². The molecule has 0 bridgehead atoms. The first-order valence-electron chi connectivity index (χ1n) is 9.77. The molecule has 2 atom stereocenters. The zero-order valence-electron chi connectivity index (χ0n) is 16.7. The van der Waals surface area contributed by atoms with Gasteiger partial charge in [-0.15, -0.1) is 0 Å². The molecule has 10 heteroatoms. The monoisotopic (exact) mass is 428 g/mol. The van der Waals surface area contributed by atoms with Gasteiger partial charge < -0.3 is 20.0 Å². The summed E-state index contributed by atoms with van der Waals surface area (Å²) in [6.07, 6.45) is 0.547. The van der Waals surface area contributed by atoms with Crippen molar-refractivity contribution in [3.05, 3.63) is 48.0 Å². The van der Waals surface area contributed by atoms with E-state index in [1.165, 1.54) is 24.1 Å². The van der Waals surface area contributed by atoms with Crippen LogP contribution in [0.1, 0.15) is 19.0 Å². The van der Waals surface area contributed by atoms with Crippen molar-refractivity contribution in [1.82, 2.24) is 10.3 Å². The zero-order chi connectivity index (χ0) is 22.0. The van der Waals surface area contributed by atoms with Crippen LogP contribution in [0.2, 0.25) is 0 Å². The molecule has 2 aliphatic rings. The van der Waals surface area contributed by atoms with Crippen LogP contribution in [0.5, 0.6) is 0 Å². The van der Waals surface area contributed by atoms with Gasteiger partial charge in [0.2, 0.25) is 5.91 Å². The van der Waals surface area contributed by atoms with Crippen LogP contribution < -0.4 is 10.2 Å². The number of anilines is 1. The Kier molecular flexibility index (Phi) is 5.81. The molecule has 1 aromatic carbocycles. The Morgan fingerprint density at radius 2 is 2.16 bits per heavy atom. The quantitative estimate of drug-likeness (QED) is 0.726. The number of carbonyl (C=O) groups is 2. The third-order valence-corrected chi connectivity index (χ3v) is 5.02. The van der Waals surface area contributed by atoms with Crippen molar-refractivity contribution in [3.63, 3.8) is 0 Å². The number of hydrogen-bond acceptors (Lipinski definition) is 7. The number of pyridine rings is 1. The van der Waals surface area contributed by atoms with Crippen LogP contribution in [0.4, 0.5) is 14.9 Å². The molecular weight excluding hydrogens is 407 g/mol. The van der Waals surface area contributed by atoms with Gasteiger partial charge in [0.1, 0.15) is 17.6 Å². The number of halogens is 1. The number of carbonyl (C=O) groups excluding carboxylic acids is 2. The van der Waals surface area contributed by atoms with Crippen LogP contribution in [0.3, 0.4) is 0 Å². The highest BCUT2D eigenvalue weighted by Crippen LogP contribution is 2.29. The molecule has 0 aliphatic carbocycles. The summed E-state index contributed by atoms with van der Waals surface area (Å²) in [4.78, 5) is 33.9. The van der Waals surface area contributed by atoms with Gasteiger partial charge in [-0.05, 0) is 24.3 Å². The number of nitrogens with zero attached hydrogens (tertiary/aromatic N) is 3. The lowest BCUT2D eigenvalue weighted by Gasteiger charge is -2.14. The van der Waals surface area contributed by atoms with Gasteiger partial charge in [0.25, 0.3) is 0 Å². The Labute approximate surface area is 177 Å². The lowest BCUT2D eigenvalue weighted by Crippen LogP contribution is -2.33. The van der Waals surface area contributed by atoms with E-state index in [1.54, 1.807) is 24.3 Å². The Hall–Kier alpha value is -3.53. The van der Waals surface area contributed by atoms with Crippen LogP contribution in [-0.2, 0) is 14.4 Å². The first-order valence-corrected chi connectivity index (χ1v) is 9.77. The molecule has 0 spiro atoms. The minimum absolute atomic E-state index is 0.124. The molecule has 2 N–H and O–H groups in total. The Morgan fingerprint density at radius 3 is 2.81 bits per heavy atom. The van der Waals surface area contributed by atoms with E-state index in [9.17, 15) is 14.0 Å². The van der Waals surface area contributed by atoms with Crippen LogP contribution in [-0.4, -0.2) is 59.7 Å². The highest BCUT2D eigenvalue weighted by atomic mass is 19.1. The van der Waals surface area contributed by atoms with E-state index in [1.807, 2.05) is 0 Å². The maximum Gasteiger partial charge on any atom is 0.414 e. The summed E-state index contributed by atoms with van der Waals surface area (Å²) < 4.78 is 20.0. The third-order valence-electron chi connectivity index (χ3n) is 5.02. The molecule has 162 valence electrons. The second-order valence-electron chi connectivity index (χ2n) is 7.30. The van der Waals surface area contributed by atoms with Gasteiger partial charge in [0.05, 0.1) is 31.1 Å². The molecule has 1 aromatic heterocycles. The molecule has 0 unspecified atom stereocenters. The van der Waals surface area contributed by atoms with Crippen molar-refractivity contribution in [2.24, 2.45) is 5.16 Å². The molecule has 1 saturated heterocycles. The molecule has 3 heterocycles. The molecule has 2 aromatic rings. The van der Waals surface area contributed by atoms with Crippen molar-refractivity contribution in [2.75, 3.05) is 24.6 Å². The van der Waals surface area contributed by atoms with Gasteiger partial charge in [-0.2, -0.15) is 0 Å². The van der Waals surface area contributed by atoms with E-state index >= 15 is 0 Å². The summed E-state index contributed by atoms with van der Waals surface area (Å²) in [5.41, 5.74) is 2.50. The fourth-order valence-corrected chi connectivity index (χ4v) is 3.40. The number of aliphatic hydroxyl groups is 1. The van der Waals surface area contributed by atoms with Crippen molar-refractivity contribution >= 4 is 23.4 Å². The standard InChI is InChI=1S/C21H21FN4O5/c1-12(28)23-9-16-10-26(21(29)30-16)14-3-4-17(18(22)6-14)13-2-5-19(24-8-13)20-7-15(11-27)31-25-20/h2-6,8,15-16,27H,7,9-11H2,1H3,(H,23,28)/t15-,16+/m1/s1. The maximum atomic E-state index is 14.8. The van der Waals surface area contributed by atoms with Gasteiger partial charge in [-0.1, -0.05) is 11.2 Å². The third kappa shape index (κ3) is 4.48. The number of amides is 2. The van der Waals surface area contributed by atoms with Crippen LogP contribution in [0, 0.1) is 5.82 Å². The number of rotatable bonds is 6. The van der Waals surface area contributed by atoms with Crippen molar-refractivity contribution < 1.29 is 28.7 Å². The molecule has 1 fully saturated rings. The van der Waals surface area contributed by atoms with E-state index in [4.69, 9.17) is 14.7 Å². The van der Waals surface area contributed by atoms with E-state index < -0.39 is 18.0 Å². The summed E-state index contributed by atoms with van der Waals surface area (Å²) in [5.74, 6) is -0.725. The van der Waals surface area contributed by atoms with Gasteiger partial charge >= 0.3 is 6.09 Å². The molecule has 0 saturated carbocycles. The SMILES string of the molecule is CC(=O)NC[C@H]1CN(c2ccc(-c3ccc(C4=NO[C@@H](CO)C4)nc3)c(F)c2)C(=O)O1. The number of aromatic nitrogens is 1. The Bertz CT molecular complexity index is 1030. The van der Waals surface area contributed by atoms with E-state index in [0.29, 0.717) is 34.6 Å². The smallest absolute Gasteiger partial charge is 0.414 e. The van der Waals surface area contributed by atoms with Gasteiger partial charge in [-0.3, -0.25) is 14.7 Å². The predicted molar refractivity (Wildman–Crippen MR) is 109 cm³/mol. The maximum absolute atomic E-state index is 14.8. The van der Waals surface area contributed by atoms with Crippen LogP contribution in [0.15, 0.2) is 41.7 Å². The molecule has 31 heavy (non-hydrogen) atoms. The topological polar surface area (TPSA) is 113 Å². The highest BCUT2D eigenvalue weighted by molar-refractivity contribution is 5.99. The number of benzene rings is 1. The molecule has 2 amide bonds. The average molecular weight is 428 g/mol. The summed E-state index contributed by atoms with van der Waals surface area (Å²) in [5, 5.41) is 15.6. The average Bonchev–Trinajstić information content (AvgIpc) is 3.39. The lowest BCUT2D eigenvalue weighted by atomic mass is 10.0. The van der Waals surface area contributed by atoms with Crippen molar-refractivity contribution in [1.29, 1.82) is 0 Å².